The summed E-state index contributed by atoms with van der Waals surface area (Å²) in [5, 5.41) is 0. The van der Waals surface area contributed by atoms with Gasteiger partial charge in [-0.25, -0.2) is 0 Å². The van der Waals surface area contributed by atoms with Crippen molar-refractivity contribution < 1.29 is 0 Å². The van der Waals surface area contributed by atoms with Gasteiger partial charge in [0, 0.05) is 12.1 Å². The Morgan fingerprint density at radius 2 is 1.92 bits per heavy atom. The third-order valence-corrected chi connectivity index (χ3v) is 3.72. The van der Waals surface area contributed by atoms with Crippen molar-refractivity contribution >= 4 is 0 Å². The molecule has 2 atom stereocenters. The minimum Gasteiger partial charge on any atom is -0.330 e. The summed E-state index contributed by atoms with van der Waals surface area (Å²) in [4.78, 5) is 2.56. The Labute approximate surface area is 82.5 Å². The number of hydrogen-bond donors (Lipinski definition) is 1. The Hall–Kier alpha value is -0.0800. The summed E-state index contributed by atoms with van der Waals surface area (Å²) in [7, 11) is 2.27. The molecule has 1 aliphatic carbocycles. The lowest BCUT2D eigenvalue weighted by Gasteiger charge is -2.45. The summed E-state index contributed by atoms with van der Waals surface area (Å²) < 4.78 is 0. The molecular weight excluding hydrogens is 160 g/mol. The van der Waals surface area contributed by atoms with Crippen molar-refractivity contribution in [1.29, 1.82) is 0 Å². The molecule has 2 heteroatoms. The van der Waals surface area contributed by atoms with Crippen molar-refractivity contribution in [3.8, 4) is 0 Å². The Morgan fingerprint density at radius 1 is 1.31 bits per heavy atom. The van der Waals surface area contributed by atoms with Crippen LogP contribution in [0.1, 0.15) is 39.5 Å². The van der Waals surface area contributed by atoms with E-state index in [9.17, 15) is 0 Å². The Bertz CT molecular complexity index is 141. The molecule has 2 nitrogen and oxygen atoms in total. The molecule has 1 fully saturated rings. The van der Waals surface area contributed by atoms with Crippen LogP contribution in [0.15, 0.2) is 0 Å². The van der Waals surface area contributed by atoms with Gasteiger partial charge >= 0.3 is 0 Å². The zero-order valence-corrected chi connectivity index (χ0v) is 9.29. The van der Waals surface area contributed by atoms with Crippen molar-refractivity contribution in [1.82, 2.24) is 4.90 Å². The van der Waals surface area contributed by atoms with E-state index in [1.54, 1.807) is 0 Å². The molecule has 0 aliphatic heterocycles. The van der Waals surface area contributed by atoms with Gasteiger partial charge < -0.3 is 10.6 Å². The monoisotopic (exact) mass is 184 g/mol. The Morgan fingerprint density at radius 3 is 2.23 bits per heavy atom. The predicted octanol–water partition coefficient (Wildman–Crippen LogP) is 1.84. The van der Waals surface area contributed by atoms with E-state index in [4.69, 9.17) is 5.73 Å². The molecule has 1 saturated carbocycles. The van der Waals surface area contributed by atoms with Crippen LogP contribution in [0.25, 0.3) is 0 Å². The molecule has 0 aromatic rings. The molecule has 0 aromatic carbocycles. The summed E-state index contributed by atoms with van der Waals surface area (Å²) in [5.41, 5.74) is 5.72. The first kappa shape index (κ1) is 11.0. The van der Waals surface area contributed by atoms with Crippen molar-refractivity contribution in [2.75, 3.05) is 13.6 Å². The first-order valence-corrected chi connectivity index (χ1v) is 5.66. The van der Waals surface area contributed by atoms with Crippen LogP contribution in [-0.2, 0) is 0 Å². The molecule has 0 bridgehead atoms. The Balaban J connectivity index is 2.41. The van der Waals surface area contributed by atoms with E-state index in [1.807, 2.05) is 0 Å². The topological polar surface area (TPSA) is 29.3 Å². The third kappa shape index (κ3) is 2.23. The highest BCUT2D eigenvalue weighted by molar-refractivity contribution is 4.90. The summed E-state index contributed by atoms with van der Waals surface area (Å²) in [6.07, 6.45) is 5.22. The molecule has 0 radical (unpaired) electrons. The van der Waals surface area contributed by atoms with Crippen LogP contribution in [0.5, 0.6) is 0 Å². The standard InChI is InChI=1S/C11H24N2/c1-4-10(5-2)13(3)11-7-6-9(11)8-12/h9-11H,4-8,12H2,1-3H3. The molecule has 0 amide bonds. The van der Waals surface area contributed by atoms with Gasteiger partial charge in [0.1, 0.15) is 0 Å². The molecule has 78 valence electrons. The predicted molar refractivity (Wildman–Crippen MR) is 57.7 cm³/mol. The molecule has 0 aromatic heterocycles. The van der Waals surface area contributed by atoms with Crippen molar-refractivity contribution in [2.24, 2.45) is 11.7 Å². The van der Waals surface area contributed by atoms with E-state index >= 15 is 0 Å². The highest BCUT2D eigenvalue weighted by Gasteiger charge is 2.34. The largest absolute Gasteiger partial charge is 0.330 e. The van der Waals surface area contributed by atoms with Gasteiger partial charge in [-0.1, -0.05) is 13.8 Å². The van der Waals surface area contributed by atoms with E-state index in [-0.39, 0.29) is 0 Å². The number of rotatable bonds is 5. The maximum atomic E-state index is 5.72. The second-order valence-electron chi connectivity index (χ2n) is 4.28. The van der Waals surface area contributed by atoms with E-state index in [2.05, 4.69) is 25.8 Å². The van der Waals surface area contributed by atoms with E-state index in [0.29, 0.717) is 0 Å². The highest BCUT2D eigenvalue weighted by Crippen LogP contribution is 2.32. The fraction of sp³-hybridized carbons (Fsp3) is 1.00. The maximum Gasteiger partial charge on any atom is 0.0136 e. The molecule has 0 heterocycles. The second kappa shape index (κ2) is 4.97. The first-order valence-electron chi connectivity index (χ1n) is 5.66. The van der Waals surface area contributed by atoms with Gasteiger partial charge in [0.15, 0.2) is 0 Å². The summed E-state index contributed by atoms with van der Waals surface area (Å²) in [5.74, 6) is 0.769. The second-order valence-corrected chi connectivity index (χ2v) is 4.28. The number of nitrogens with two attached hydrogens (primary N) is 1. The zero-order valence-electron chi connectivity index (χ0n) is 9.29. The normalized spacial score (nSPS) is 28.2. The number of hydrogen-bond acceptors (Lipinski definition) is 2. The number of nitrogens with zero attached hydrogens (tertiary/aromatic N) is 1. The van der Waals surface area contributed by atoms with Gasteiger partial charge in [-0.3, -0.25) is 0 Å². The van der Waals surface area contributed by atoms with Crippen LogP contribution in [0.4, 0.5) is 0 Å². The van der Waals surface area contributed by atoms with Gasteiger partial charge in [0.2, 0.25) is 0 Å². The van der Waals surface area contributed by atoms with Gasteiger partial charge in [-0.05, 0) is 45.2 Å². The van der Waals surface area contributed by atoms with Crippen LogP contribution in [0, 0.1) is 5.92 Å². The molecule has 1 aliphatic rings. The van der Waals surface area contributed by atoms with Gasteiger partial charge in [0.05, 0.1) is 0 Å². The van der Waals surface area contributed by atoms with Gasteiger partial charge in [-0.15, -0.1) is 0 Å². The van der Waals surface area contributed by atoms with Crippen molar-refractivity contribution in [3.63, 3.8) is 0 Å². The molecule has 2 unspecified atom stereocenters. The summed E-state index contributed by atoms with van der Waals surface area (Å²) in [6.45, 7) is 5.43. The zero-order chi connectivity index (χ0) is 9.84. The average Bonchev–Trinajstić information content (AvgIpc) is 2.05. The fourth-order valence-electron chi connectivity index (χ4n) is 2.50. The average molecular weight is 184 g/mol. The van der Waals surface area contributed by atoms with Gasteiger partial charge in [-0.2, -0.15) is 0 Å². The lowest BCUT2D eigenvalue weighted by Crippen LogP contribution is -2.51. The SMILES string of the molecule is CCC(CC)N(C)C1CCC1CN. The molecule has 13 heavy (non-hydrogen) atoms. The quantitative estimate of drug-likeness (QED) is 0.706. The maximum absolute atomic E-state index is 5.72. The van der Waals surface area contributed by atoms with E-state index in [1.165, 1.54) is 25.7 Å². The lowest BCUT2D eigenvalue weighted by molar-refractivity contribution is 0.0509. The van der Waals surface area contributed by atoms with E-state index < -0.39 is 0 Å². The van der Waals surface area contributed by atoms with Crippen molar-refractivity contribution in [3.05, 3.63) is 0 Å². The highest BCUT2D eigenvalue weighted by atomic mass is 15.2. The van der Waals surface area contributed by atoms with Crippen LogP contribution < -0.4 is 5.73 Å². The minimum atomic E-state index is 0.763. The van der Waals surface area contributed by atoms with Crippen LogP contribution in [0.3, 0.4) is 0 Å². The van der Waals surface area contributed by atoms with Crippen molar-refractivity contribution in [2.45, 2.75) is 51.6 Å². The summed E-state index contributed by atoms with van der Waals surface area (Å²) in [6, 6.07) is 1.54. The minimum absolute atomic E-state index is 0.763. The van der Waals surface area contributed by atoms with Gasteiger partial charge in [0.25, 0.3) is 0 Å². The molecule has 1 rings (SSSR count). The molecule has 2 N–H and O–H groups in total. The van der Waals surface area contributed by atoms with Crippen LogP contribution >= 0.6 is 0 Å². The molecule has 0 saturated heterocycles. The molecule has 0 spiro atoms. The fourth-order valence-corrected chi connectivity index (χ4v) is 2.50. The van der Waals surface area contributed by atoms with Crippen LogP contribution in [-0.4, -0.2) is 30.6 Å². The Kier molecular flexibility index (Phi) is 4.20. The van der Waals surface area contributed by atoms with E-state index in [0.717, 1.165) is 24.5 Å². The molecular formula is C11H24N2. The van der Waals surface area contributed by atoms with Crippen LogP contribution in [0.2, 0.25) is 0 Å². The first-order chi connectivity index (χ1) is 6.24. The lowest BCUT2D eigenvalue weighted by atomic mass is 9.78. The third-order valence-electron chi connectivity index (χ3n) is 3.72. The summed E-state index contributed by atoms with van der Waals surface area (Å²) >= 11 is 0. The smallest absolute Gasteiger partial charge is 0.0136 e.